The third kappa shape index (κ3) is 3.49. The average Bonchev–Trinajstić information content (AvgIpc) is 2.32. The monoisotopic (exact) mass is 395 g/mol. The Hall–Kier alpha value is -0.520. The Morgan fingerprint density at radius 1 is 1.06 bits per heavy atom. The van der Waals surface area contributed by atoms with Crippen LogP contribution >= 0.6 is 45.8 Å². The Labute approximate surface area is 128 Å². The van der Waals surface area contributed by atoms with Crippen LogP contribution in [0.5, 0.6) is 0 Å². The number of halogens is 4. The van der Waals surface area contributed by atoms with Gasteiger partial charge < -0.3 is 5.32 Å². The Bertz CT molecular complexity index is 575. The summed E-state index contributed by atoms with van der Waals surface area (Å²) < 4.78 is 14.3. The second-order valence-corrected chi connectivity index (χ2v) is 5.79. The van der Waals surface area contributed by atoms with Crippen molar-refractivity contribution in [2.45, 2.75) is 6.54 Å². The normalized spacial score (nSPS) is 10.4. The number of benzene rings is 2. The van der Waals surface area contributed by atoms with Crippen molar-refractivity contribution < 1.29 is 4.39 Å². The van der Waals surface area contributed by atoms with Crippen molar-refractivity contribution in [3.05, 3.63) is 61.4 Å². The molecule has 0 amide bonds. The van der Waals surface area contributed by atoms with Crippen molar-refractivity contribution in [1.29, 1.82) is 0 Å². The lowest BCUT2D eigenvalue weighted by Gasteiger charge is -2.09. The van der Waals surface area contributed by atoms with E-state index in [4.69, 9.17) is 23.2 Å². The number of nitrogens with one attached hydrogen (secondary N) is 1. The van der Waals surface area contributed by atoms with Gasteiger partial charge in [0.25, 0.3) is 0 Å². The summed E-state index contributed by atoms with van der Waals surface area (Å²) in [6.45, 7) is 0.494. The molecular weight excluding hydrogens is 387 g/mol. The molecule has 2 rings (SSSR count). The van der Waals surface area contributed by atoms with Gasteiger partial charge in [0.15, 0.2) is 0 Å². The van der Waals surface area contributed by atoms with Gasteiger partial charge in [0.2, 0.25) is 0 Å². The first-order chi connectivity index (χ1) is 8.56. The summed E-state index contributed by atoms with van der Waals surface area (Å²) in [7, 11) is 0. The van der Waals surface area contributed by atoms with Crippen molar-refractivity contribution in [1.82, 2.24) is 0 Å². The highest BCUT2D eigenvalue weighted by molar-refractivity contribution is 14.1. The zero-order chi connectivity index (χ0) is 13.1. The van der Waals surface area contributed by atoms with Gasteiger partial charge in [0.05, 0.1) is 15.7 Å². The molecule has 18 heavy (non-hydrogen) atoms. The molecule has 0 aliphatic carbocycles. The minimum atomic E-state index is -0.412. The van der Waals surface area contributed by atoms with Crippen molar-refractivity contribution >= 4 is 51.5 Å². The quantitative estimate of drug-likeness (QED) is 0.690. The van der Waals surface area contributed by atoms with Gasteiger partial charge in [-0.2, -0.15) is 0 Å². The number of rotatable bonds is 3. The minimum Gasteiger partial charge on any atom is -0.380 e. The fourth-order valence-electron chi connectivity index (χ4n) is 1.48. The van der Waals surface area contributed by atoms with Gasteiger partial charge in [0.1, 0.15) is 5.82 Å². The number of hydrogen-bond acceptors (Lipinski definition) is 1. The van der Waals surface area contributed by atoms with E-state index in [0.29, 0.717) is 11.6 Å². The summed E-state index contributed by atoms with van der Waals surface area (Å²) in [5.74, 6) is -0.412. The van der Waals surface area contributed by atoms with Crippen LogP contribution in [0.2, 0.25) is 10.0 Å². The molecule has 0 saturated carbocycles. The van der Waals surface area contributed by atoms with Gasteiger partial charge >= 0.3 is 0 Å². The van der Waals surface area contributed by atoms with Crippen molar-refractivity contribution in [2.75, 3.05) is 5.32 Å². The van der Waals surface area contributed by atoms with Crippen LogP contribution in [0.15, 0.2) is 36.4 Å². The zero-order valence-electron chi connectivity index (χ0n) is 9.18. The molecule has 0 atom stereocenters. The van der Waals surface area contributed by atoms with Crippen LogP contribution in [0.25, 0.3) is 0 Å². The van der Waals surface area contributed by atoms with Crippen LogP contribution in [0.4, 0.5) is 10.1 Å². The summed E-state index contributed by atoms with van der Waals surface area (Å²) in [5.41, 5.74) is 1.64. The van der Waals surface area contributed by atoms with E-state index < -0.39 is 5.82 Å². The highest BCUT2D eigenvalue weighted by atomic mass is 127. The molecule has 5 heteroatoms. The fourth-order valence-corrected chi connectivity index (χ4v) is 2.52. The van der Waals surface area contributed by atoms with E-state index in [-0.39, 0.29) is 5.02 Å². The van der Waals surface area contributed by atoms with Crippen molar-refractivity contribution in [3.63, 3.8) is 0 Å². The van der Waals surface area contributed by atoms with E-state index in [1.54, 1.807) is 12.1 Å². The van der Waals surface area contributed by atoms with Gasteiger partial charge in [-0.05, 0) is 58.5 Å². The maximum atomic E-state index is 13.3. The standard InChI is InChI=1S/C13H9Cl2FIN/c14-10-3-1-8(5-12(10)16)7-18-13-4-2-9(17)6-11(13)15/h1-6,18H,7H2. The smallest absolute Gasteiger partial charge is 0.142 e. The predicted octanol–water partition coefficient (Wildman–Crippen LogP) is 5.35. The molecule has 0 radical (unpaired) electrons. The van der Waals surface area contributed by atoms with E-state index in [2.05, 4.69) is 27.9 Å². The summed E-state index contributed by atoms with van der Waals surface area (Å²) in [4.78, 5) is 0. The van der Waals surface area contributed by atoms with E-state index in [9.17, 15) is 4.39 Å². The molecule has 0 aromatic heterocycles. The first-order valence-electron chi connectivity index (χ1n) is 5.19. The van der Waals surface area contributed by atoms with Crippen LogP contribution in [-0.4, -0.2) is 0 Å². The highest BCUT2D eigenvalue weighted by Gasteiger charge is 2.03. The van der Waals surface area contributed by atoms with Crippen molar-refractivity contribution in [3.8, 4) is 0 Å². The van der Waals surface area contributed by atoms with Crippen LogP contribution in [0.3, 0.4) is 0 Å². The van der Waals surface area contributed by atoms with Crippen LogP contribution in [-0.2, 0) is 6.54 Å². The highest BCUT2D eigenvalue weighted by Crippen LogP contribution is 2.24. The molecule has 0 bridgehead atoms. The number of anilines is 1. The van der Waals surface area contributed by atoms with Gasteiger partial charge in [-0.25, -0.2) is 4.39 Å². The van der Waals surface area contributed by atoms with Crippen LogP contribution in [0, 0.1) is 9.39 Å². The Morgan fingerprint density at radius 2 is 1.83 bits per heavy atom. The van der Waals surface area contributed by atoms with Gasteiger partial charge in [-0.15, -0.1) is 0 Å². The molecule has 1 nitrogen and oxygen atoms in total. The first kappa shape index (κ1) is 13.9. The summed E-state index contributed by atoms with van der Waals surface area (Å²) in [6.07, 6.45) is 0. The molecule has 1 N–H and O–H groups in total. The third-order valence-electron chi connectivity index (χ3n) is 2.40. The van der Waals surface area contributed by atoms with Crippen molar-refractivity contribution in [2.24, 2.45) is 0 Å². The summed E-state index contributed by atoms with van der Waals surface area (Å²) >= 11 is 13.9. The maximum Gasteiger partial charge on any atom is 0.142 e. The SMILES string of the molecule is Fc1cc(CNc2ccc(I)cc2Cl)ccc1Cl. The molecule has 0 unspecified atom stereocenters. The second-order valence-electron chi connectivity index (χ2n) is 3.73. The van der Waals surface area contributed by atoms with Gasteiger partial charge in [-0.1, -0.05) is 29.3 Å². The molecular formula is C13H9Cl2FIN. The Morgan fingerprint density at radius 3 is 2.50 bits per heavy atom. The van der Waals surface area contributed by atoms with Crippen LogP contribution in [0.1, 0.15) is 5.56 Å². The van der Waals surface area contributed by atoms with Gasteiger partial charge in [-0.3, -0.25) is 0 Å². The molecule has 0 aliphatic heterocycles. The summed E-state index contributed by atoms with van der Waals surface area (Å²) in [5, 5.41) is 3.94. The topological polar surface area (TPSA) is 12.0 Å². The fraction of sp³-hybridized carbons (Fsp3) is 0.0769. The molecule has 0 saturated heterocycles. The summed E-state index contributed by atoms with van der Waals surface area (Å²) in [6, 6.07) is 10.5. The van der Waals surface area contributed by atoms with E-state index in [1.807, 2.05) is 18.2 Å². The van der Waals surface area contributed by atoms with E-state index in [1.165, 1.54) is 6.07 Å². The van der Waals surface area contributed by atoms with Gasteiger partial charge in [0, 0.05) is 10.1 Å². The zero-order valence-corrected chi connectivity index (χ0v) is 12.9. The van der Waals surface area contributed by atoms with E-state index >= 15 is 0 Å². The minimum absolute atomic E-state index is 0.131. The molecule has 0 heterocycles. The molecule has 0 spiro atoms. The first-order valence-corrected chi connectivity index (χ1v) is 7.02. The van der Waals surface area contributed by atoms with Crippen LogP contribution < -0.4 is 5.32 Å². The molecule has 2 aromatic rings. The largest absolute Gasteiger partial charge is 0.380 e. The maximum absolute atomic E-state index is 13.3. The lowest BCUT2D eigenvalue weighted by Crippen LogP contribution is -2.00. The lowest BCUT2D eigenvalue weighted by atomic mass is 10.2. The number of hydrogen-bond donors (Lipinski definition) is 1. The molecule has 94 valence electrons. The third-order valence-corrected chi connectivity index (χ3v) is 3.69. The van der Waals surface area contributed by atoms with E-state index in [0.717, 1.165) is 14.8 Å². The Balaban J connectivity index is 2.09. The second kappa shape index (κ2) is 6.08. The lowest BCUT2D eigenvalue weighted by molar-refractivity contribution is 0.626. The molecule has 0 aliphatic rings. The average molecular weight is 396 g/mol. The molecule has 0 fully saturated rings. The Kier molecular flexibility index (Phi) is 4.70. The predicted molar refractivity (Wildman–Crippen MR) is 82.9 cm³/mol. The molecule has 2 aromatic carbocycles.